The Morgan fingerprint density at radius 2 is 2.20 bits per heavy atom. The molecular formula is C15H22N2O3. The lowest BCUT2D eigenvalue weighted by Crippen LogP contribution is -2.16. The maximum absolute atomic E-state index is 10.9. The van der Waals surface area contributed by atoms with E-state index in [0.717, 1.165) is 18.2 Å². The molecule has 0 aliphatic heterocycles. The molecule has 0 heterocycles. The van der Waals surface area contributed by atoms with Gasteiger partial charge in [-0.3, -0.25) is 10.1 Å². The van der Waals surface area contributed by atoms with E-state index in [1.807, 2.05) is 13.0 Å². The number of non-ortho nitro benzene ring substituents is 1. The third-order valence-electron chi connectivity index (χ3n) is 4.02. The van der Waals surface area contributed by atoms with Gasteiger partial charge in [0.25, 0.3) is 5.69 Å². The van der Waals surface area contributed by atoms with Gasteiger partial charge in [0, 0.05) is 24.4 Å². The van der Waals surface area contributed by atoms with Gasteiger partial charge < -0.3 is 10.1 Å². The Kier molecular flexibility index (Phi) is 4.82. The lowest BCUT2D eigenvalue weighted by Gasteiger charge is -2.17. The Balaban J connectivity index is 2.07. The van der Waals surface area contributed by atoms with Crippen LogP contribution in [0.1, 0.15) is 33.1 Å². The largest absolute Gasteiger partial charge is 0.494 e. The van der Waals surface area contributed by atoms with E-state index in [4.69, 9.17) is 4.74 Å². The Morgan fingerprint density at radius 3 is 2.80 bits per heavy atom. The van der Waals surface area contributed by atoms with Crippen LogP contribution < -0.4 is 10.1 Å². The molecule has 0 aromatic heterocycles. The van der Waals surface area contributed by atoms with Gasteiger partial charge in [-0.15, -0.1) is 0 Å². The fraction of sp³-hybridized carbons (Fsp3) is 0.600. The highest BCUT2D eigenvalue weighted by Gasteiger charge is 2.23. The number of hydrogen-bond acceptors (Lipinski definition) is 4. The molecule has 2 rings (SSSR count). The average Bonchev–Trinajstić information content (AvgIpc) is 2.82. The van der Waals surface area contributed by atoms with Gasteiger partial charge in [-0.05, 0) is 25.2 Å². The first-order valence-corrected chi connectivity index (χ1v) is 7.26. The molecule has 5 heteroatoms. The van der Waals surface area contributed by atoms with Crippen LogP contribution >= 0.6 is 0 Å². The zero-order valence-corrected chi connectivity index (χ0v) is 12.1. The van der Waals surface area contributed by atoms with Crippen molar-refractivity contribution in [2.75, 3.05) is 18.5 Å². The van der Waals surface area contributed by atoms with Gasteiger partial charge in [0.1, 0.15) is 5.75 Å². The van der Waals surface area contributed by atoms with E-state index >= 15 is 0 Å². The van der Waals surface area contributed by atoms with Crippen LogP contribution in [0, 0.1) is 22.0 Å². The Bertz CT molecular complexity index is 476. The Hall–Kier alpha value is -1.78. The smallest absolute Gasteiger partial charge is 0.275 e. The van der Waals surface area contributed by atoms with E-state index in [2.05, 4.69) is 12.2 Å². The van der Waals surface area contributed by atoms with Gasteiger partial charge in [-0.2, -0.15) is 0 Å². The van der Waals surface area contributed by atoms with Crippen molar-refractivity contribution in [2.45, 2.75) is 33.1 Å². The topological polar surface area (TPSA) is 64.4 Å². The first-order valence-electron chi connectivity index (χ1n) is 7.26. The summed E-state index contributed by atoms with van der Waals surface area (Å²) in [6.07, 6.45) is 3.81. The zero-order valence-electron chi connectivity index (χ0n) is 12.1. The molecule has 1 aliphatic carbocycles. The predicted molar refractivity (Wildman–Crippen MR) is 79.3 cm³/mol. The minimum absolute atomic E-state index is 0.0675. The van der Waals surface area contributed by atoms with Crippen LogP contribution in [-0.4, -0.2) is 18.1 Å². The lowest BCUT2D eigenvalue weighted by atomic mass is 9.98. The number of rotatable bonds is 6. The quantitative estimate of drug-likeness (QED) is 0.634. The fourth-order valence-electron chi connectivity index (χ4n) is 2.82. The monoisotopic (exact) mass is 278 g/mol. The molecule has 2 atom stereocenters. The summed E-state index contributed by atoms with van der Waals surface area (Å²) >= 11 is 0. The summed E-state index contributed by atoms with van der Waals surface area (Å²) in [6, 6.07) is 4.87. The molecule has 0 radical (unpaired) electrons. The van der Waals surface area contributed by atoms with E-state index in [0.29, 0.717) is 18.3 Å². The molecule has 1 saturated carbocycles. The highest BCUT2D eigenvalue weighted by molar-refractivity contribution is 5.56. The number of nitro groups is 1. The van der Waals surface area contributed by atoms with Gasteiger partial charge in [0.15, 0.2) is 0 Å². The highest BCUT2D eigenvalue weighted by atomic mass is 16.6. The van der Waals surface area contributed by atoms with Crippen molar-refractivity contribution in [3.05, 3.63) is 28.3 Å². The van der Waals surface area contributed by atoms with Crippen LogP contribution in [0.15, 0.2) is 18.2 Å². The molecule has 0 bridgehead atoms. The van der Waals surface area contributed by atoms with E-state index < -0.39 is 0 Å². The van der Waals surface area contributed by atoms with Gasteiger partial charge in [0.05, 0.1) is 17.6 Å². The minimum atomic E-state index is -0.383. The predicted octanol–water partition coefficient (Wildman–Crippen LogP) is 3.84. The molecule has 1 aromatic rings. The van der Waals surface area contributed by atoms with Crippen LogP contribution in [0.2, 0.25) is 0 Å². The number of anilines is 1. The second-order valence-electron chi connectivity index (χ2n) is 5.45. The van der Waals surface area contributed by atoms with Gasteiger partial charge in [0.2, 0.25) is 0 Å². The molecule has 0 amide bonds. The molecule has 1 fully saturated rings. The number of nitrogens with zero attached hydrogens (tertiary/aromatic N) is 1. The molecule has 20 heavy (non-hydrogen) atoms. The zero-order chi connectivity index (χ0) is 14.5. The second kappa shape index (κ2) is 6.59. The molecular weight excluding hydrogens is 256 g/mol. The standard InChI is InChI=1S/C15H22N2O3/c1-3-20-15-8-13(7-14(9-15)17(18)19)16-10-12-6-4-5-11(12)2/h7-9,11-12,16H,3-6,10H2,1-2H3. The molecule has 1 aromatic carbocycles. The molecule has 5 nitrogen and oxygen atoms in total. The number of nitro benzene ring substituents is 1. The number of hydrogen-bond donors (Lipinski definition) is 1. The van der Waals surface area contributed by atoms with Crippen LogP contribution in [-0.2, 0) is 0 Å². The first kappa shape index (κ1) is 14.6. The SMILES string of the molecule is CCOc1cc(NCC2CCCC2C)cc([N+](=O)[O-])c1. The van der Waals surface area contributed by atoms with E-state index in [9.17, 15) is 10.1 Å². The van der Waals surface area contributed by atoms with Gasteiger partial charge in [-0.1, -0.05) is 19.8 Å². The Morgan fingerprint density at radius 1 is 1.40 bits per heavy atom. The summed E-state index contributed by atoms with van der Waals surface area (Å²) < 4.78 is 5.39. The number of ether oxygens (including phenoxy) is 1. The summed E-state index contributed by atoms with van der Waals surface area (Å²) in [4.78, 5) is 10.6. The molecule has 110 valence electrons. The summed E-state index contributed by atoms with van der Waals surface area (Å²) in [5.74, 6) is 1.93. The third-order valence-corrected chi connectivity index (χ3v) is 4.02. The van der Waals surface area contributed by atoms with Crippen molar-refractivity contribution in [3.63, 3.8) is 0 Å². The van der Waals surface area contributed by atoms with Crippen LogP contribution in [0.4, 0.5) is 11.4 Å². The summed E-state index contributed by atoms with van der Waals surface area (Å²) in [6.45, 7) is 5.51. The van der Waals surface area contributed by atoms with Crippen molar-refractivity contribution >= 4 is 11.4 Å². The van der Waals surface area contributed by atoms with Crippen molar-refractivity contribution in [3.8, 4) is 5.75 Å². The molecule has 0 spiro atoms. The summed E-state index contributed by atoms with van der Waals surface area (Å²) in [5.41, 5.74) is 0.833. The molecule has 1 N–H and O–H groups in total. The molecule has 2 unspecified atom stereocenters. The van der Waals surface area contributed by atoms with E-state index in [1.54, 1.807) is 6.07 Å². The van der Waals surface area contributed by atoms with Crippen LogP contribution in [0.3, 0.4) is 0 Å². The third kappa shape index (κ3) is 3.62. The maximum Gasteiger partial charge on any atom is 0.275 e. The Labute approximate surface area is 119 Å². The summed E-state index contributed by atoms with van der Waals surface area (Å²) in [7, 11) is 0. The molecule has 0 saturated heterocycles. The minimum Gasteiger partial charge on any atom is -0.494 e. The fourth-order valence-corrected chi connectivity index (χ4v) is 2.82. The number of benzene rings is 1. The normalized spacial score (nSPS) is 21.7. The van der Waals surface area contributed by atoms with Crippen molar-refractivity contribution in [2.24, 2.45) is 11.8 Å². The molecule has 1 aliphatic rings. The lowest BCUT2D eigenvalue weighted by molar-refractivity contribution is -0.384. The second-order valence-corrected chi connectivity index (χ2v) is 5.45. The van der Waals surface area contributed by atoms with Crippen molar-refractivity contribution in [1.82, 2.24) is 0 Å². The van der Waals surface area contributed by atoms with Crippen molar-refractivity contribution < 1.29 is 9.66 Å². The average molecular weight is 278 g/mol. The van der Waals surface area contributed by atoms with Crippen LogP contribution in [0.5, 0.6) is 5.75 Å². The van der Waals surface area contributed by atoms with Gasteiger partial charge in [-0.25, -0.2) is 0 Å². The summed E-state index contributed by atoms with van der Waals surface area (Å²) in [5, 5.41) is 14.3. The van der Waals surface area contributed by atoms with Gasteiger partial charge >= 0.3 is 0 Å². The highest BCUT2D eigenvalue weighted by Crippen LogP contribution is 2.32. The number of nitrogens with one attached hydrogen (secondary N) is 1. The van der Waals surface area contributed by atoms with E-state index in [1.165, 1.54) is 25.3 Å². The van der Waals surface area contributed by atoms with Crippen molar-refractivity contribution in [1.29, 1.82) is 0 Å². The first-order chi connectivity index (χ1) is 9.60. The maximum atomic E-state index is 10.9. The van der Waals surface area contributed by atoms with Crippen LogP contribution in [0.25, 0.3) is 0 Å². The van der Waals surface area contributed by atoms with E-state index in [-0.39, 0.29) is 10.6 Å².